The Morgan fingerprint density at radius 2 is 1.69 bits per heavy atom. The monoisotopic (exact) mass is 464 g/mol. The Labute approximate surface area is 202 Å². The van der Waals surface area contributed by atoms with Crippen LogP contribution in [-0.4, -0.2) is 17.4 Å². The molecule has 0 aliphatic carbocycles. The highest BCUT2D eigenvalue weighted by Crippen LogP contribution is 2.27. The normalized spacial score (nSPS) is 11.0. The van der Waals surface area contributed by atoms with E-state index in [9.17, 15) is 9.59 Å². The molecule has 5 aromatic rings. The molecule has 0 bridgehead atoms. The van der Waals surface area contributed by atoms with Crippen molar-refractivity contribution in [3.8, 4) is 22.8 Å². The van der Waals surface area contributed by atoms with Crippen LogP contribution in [0.1, 0.15) is 27.2 Å². The Balaban J connectivity index is 1.35. The molecule has 2 heterocycles. The fourth-order valence-electron chi connectivity index (χ4n) is 4.00. The van der Waals surface area contributed by atoms with Crippen LogP contribution < -0.4 is 10.7 Å². The number of aromatic nitrogens is 1. The summed E-state index contributed by atoms with van der Waals surface area (Å²) < 4.78 is 11.7. The molecule has 1 N–H and O–H groups in total. The summed E-state index contributed by atoms with van der Waals surface area (Å²) in [5, 5.41) is 3.29. The average molecular weight is 465 g/mol. The van der Waals surface area contributed by atoms with Gasteiger partial charge in [-0.05, 0) is 38.1 Å². The third-order valence-electron chi connectivity index (χ3n) is 5.94. The number of benzene rings is 3. The standard InChI is InChI=1S/C29H24N2O4/c1-18-11-13-21(14-12-18)29-31-22(17-34-29)15-16-30-28(33)24-10-6-9-23-25(32)19(2)26(35-27(23)24)20-7-4-3-5-8-20/h3-14,17H,15-16H2,1-2H3,(H,30,33). The van der Waals surface area contributed by atoms with Gasteiger partial charge < -0.3 is 14.2 Å². The van der Waals surface area contributed by atoms with Crippen LogP contribution >= 0.6 is 0 Å². The van der Waals surface area contributed by atoms with Gasteiger partial charge in [-0.1, -0.05) is 54.1 Å². The lowest BCUT2D eigenvalue weighted by Crippen LogP contribution is -2.26. The lowest BCUT2D eigenvalue weighted by molar-refractivity contribution is 0.0954. The third kappa shape index (κ3) is 4.51. The molecule has 2 aromatic heterocycles. The summed E-state index contributed by atoms with van der Waals surface area (Å²) in [6.45, 7) is 4.12. The van der Waals surface area contributed by atoms with Gasteiger partial charge >= 0.3 is 0 Å². The minimum absolute atomic E-state index is 0.147. The molecule has 0 saturated heterocycles. The Hall–Kier alpha value is -4.45. The summed E-state index contributed by atoms with van der Waals surface area (Å²) in [5.41, 5.74) is 4.56. The number of rotatable bonds is 6. The van der Waals surface area contributed by atoms with Gasteiger partial charge in [0.15, 0.2) is 11.0 Å². The molecule has 0 radical (unpaired) electrons. The summed E-state index contributed by atoms with van der Waals surface area (Å²) in [7, 11) is 0. The van der Waals surface area contributed by atoms with Crippen molar-refractivity contribution < 1.29 is 13.6 Å². The topological polar surface area (TPSA) is 85.3 Å². The quantitative estimate of drug-likeness (QED) is 0.348. The Morgan fingerprint density at radius 1 is 0.914 bits per heavy atom. The van der Waals surface area contributed by atoms with Crippen molar-refractivity contribution >= 4 is 16.9 Å². The van der Waals surface area contributed by atoms with Gasteiger partial charge in [0.2, 0.25) is 5.89 Å². The van der Waals surface area contributed by atoms with E-state index in [2.05, 4.69) is 10.3 Å². The van der Waals surface area contributed by atoms with Crippen LogP contribution in [0.2, 0.25) is 0 Å². The zero-order chi connectivity index (χ0) is 24.4. The largest absolute Gasteiger partial charge is 0.455 e. The highest BCUT2D eigenvalue weighted by atomic mass is 16.3. The molecule has 0 fully saturated rings. The smallest absolute Gasteiger partial charge is 0.255 e. The number of oxazole rings is 1. The van der Waals surface area contributed by atoms with E-state index in [4.69, 9.17) is 8.83 Å². The number of para-hydroxylation sites is 1. The first-order chi connectivity index (χ1) is 17.0. The van der Waals surface area contributed by atoms with E-state index in [-0.39, 0.29) is 16.9 Å². The van der Waals surface area contributed by atoms with Crippen LogP contribution in [0.25, 0.3) is 33.7 Å². The first kappa shape index (κ1) is 22.3. The second-order valence-electron chi connectivity index (χ2n) is 8.45. The van der Waals surface area contributed by atoms with Crippen LogP contribution in [0.5, 0.6) is 0 Å². The number of carbonyl (C=O) groups is 1. The molecule has 5 rings (SSSR count). The highest BCUT2D eigenvalue weighted by Gasteiger charge is 2.18. The predicted octanol–water partition coefficient (Wildman–Crippen LogP) is 5.70. The molecular formula is C29H24N2O4. The number of hydrogen-bond acceptors (Lipinski definition) is 5. The summed E-state index contributed by atoms with van der Waals surface area (Å²) >= 11 is 0. The summed E-state index contributed by atoms with van der Waals surface area (Å²) in [6.07, 6.45) is 2.11. The molecule has 0 aliphatic heterocycles. The van der Waals surface area contributed by atoms with Crippen LogP contribution in [0.3, 0.4) is 0 Å². The van der Waals surface area contributed by atoms with Crippen molar-refractivity contribution in [3.63, 3.8) is 0 Å². The number of nitrogens with zero attached hydrogens (tertiary/aromatic N) is 1. The molecule has 174 valence electrons. The molecule has 0 saturated carbocycles. The van der Waals surface area contributed by atoms with Crippen LogP contribution in [-0.2, 0) is 6.42 Å². The molecule has 35 heavy (non-hydrogen) atoms. The summed E-state index contributed by atoms with van der Waals surface area (Å²) in [4.78, 5) is 30.6. The van der Waals surface area contributed by atoms with Gasteiger partial charge in [0.25, 0.3) is 5.91 Å². The fraction of sp³-hybridized carbons (Fsp3) is 0.138. The van der Waals surface area contributed by atoms with Crippen molar-refractivity contribution in [3.05, 3.63) is 112 Å². The number of aryl methyl sites for hydroxylation is 1. The van der Waals surface area contributed by atoms with E-state index < -0.39 is 0 Å². The summed E-state index contributed by atoms with van der Waals surface area (Å²) in [6, 6.07) is 22.4. The van der Waals surface area contributed by atoms with Crippen LogP contribution in [0, 0.1) is 13.8 Å². The second-order valence-corrected chi connectivity index (χ2v) is 8.45. The summed E-state index contributed by atoms with van der Waals surface area (Å²) in [5.74, 6) is 0.699. The maximum Gasteiger partial charge on any atom is 0.255 e. The van der Waals surface area contributed by atoms with Crippen molar-refractivity contribution in [2.45, 2.75) is 20.3 Å². The van der Waals surface area contributed by atoms with E-state index in [0.29, 0.717) is 41.1 Å². The molecule has 0 unspecified atom stereocenters. The van der Waals surface area contributed by atoms with Crippen LogP contribution in [0.4, 0.5) is 0 Å². The molecule has 0 spiro atoms. The zero-order valence-electron chi connectivity index (χ0n) is 19.5. The number of hydrogen-bond donors (Lipinski definition) is 1. The Bertz CT molecular complexity index is 1560. The Morgan fingerprint density at radius 3 is 2.46 bits per heavy atom. The van der Waals surface area contributed by atoms with Crippen molar-refractivity contribution in [2.24, 2.45) is 0 Å². The third-order valence-corrected chi connectivity index (χ3v) is 5.94. The SMILES string of the molecule is Cc1ccc(-c2nc(CCNC(=O)c3cccc4c(=O)c(C)c(-c5ccccc5)oc34)co2)cc1. The van der Waals surface area contributed by atoms with E-state index in [1.54, 1.807) is 31.4 Å². The number of fused-ring (bicyclic) bond motifs is 1. The molecule has 3 aromatic carbocycles. The molecule has 1 amide bonds. The van der Waals surface area contributed by atoms with Gasteiger partial charge in [-0.15, -0.1) is 0 Å². The van der Waals surface area contributed by atoms with Gasteiger partial charge in [0.05, 0.1) is 16.6 Å². The van der Waals surface area contributed by atoms with Crippen molar-refractivity contribution in [2.75, 3.05) is 6.54 Å². The zero-order valence-corrected chi connectivity index (χ0v) is 19.5. The maximum atomic E-state index is 13.0. The van der Waals surface area contributed by atoms with E-state index in [0.717, 1.165) is 16.8 Å². The lowest BCUT2D eigenvalue weighted by atomic mass is 10.0. The molecule has 6 heteroatoms. The Kier molecular flexibility index (Phi) is 6.02. The number of carbonyl (C=O) groups excluding carboxylic acids is 1. The minimum Gasteiger partial charge on any atom is -0.455 e. The molecule has 6 nitrogen and oxygen atoms in total. The van der Waals surface area contributed by atoms with Gasteiger partial charge in [0, 0.05) is 29.7 Å². The fourth-order valence-corrected chi connectivity index (χ4v) is 4.00. The molecule has 0 aliphatic rings. The number of nitrogens with one attached hydrogen (secondary N) is 1. The van der Waals surface area contributed by atoms with Gasteiger partial charge in [-0.2, -0.15) is 0 Å². The predicted molar refractivity (Wildman–Crippen MR) is 135 cm³/mol. The minimum atomic E-state index is -0.316. The van der Waals surface area contributed by atoms with E-state index in [1.807, 2.05) is 61.5 Å². The highest BCUT2D eigenvalue weighted by molar-refractivity contribution is 6.05. The van der Waals surface area contributed by atoms with Crippen LogP contribution in [0.15, 0.2) is 92.7 Å². The van der Waals surface area contributed by atoms with Crippen molar-refractivity contribution in [1.82, 2.24) is 10.3 Å². The molecular weight excluding hydrogens is 440 g/mol. The van der Waals surface area contributed by atoms with E-state index in [1.165, 1.54) is 5.56 Å². The maximum absolute atomic E-state index is 13.0. The lowest BCUT2D eigenvalue weighted by Gasteiger charge is -2.10. The first-order valence-electron chi connectivity index (χ1n) is 11.4. The van der Waals surface area contributed by atoms with E-state index >= 15 is 0 Å². The van der Waals surface area contributed by atoms with Crippen molar-refractivity contribution in [1.29, 1.82) is 0 Å². The second kappa shape index (κ2) is 9.43. The first-order valence-corrected chi connectivity index (χ1v) is 11.4. The number of amides is 1. The molecule has 0 atom stereocenters. The van der Waals surface area contributed by atoms with Gasteiger partial charge in [-0.25, -0.2) is 4.98 Å². The van der Waals surface area contributed by atoms with Gasteiger partial charge in [-0.3, -0.25) is 9.59 Å². The average Bonchev–Trinajstić information content (AvgIpc) is 3.35. The van der Waals surface area contributed by atoms with Gasteiger partial charge in [0.1, 0.15) is 12.0 Å².